The molecular formula is C72H216Ce6N12O6Si24. The summed E-state index contributed by atoms with van der Waals surface area (Å²) in [4.78, 5) is 0. The molecule has 0 rings (SSSR count). The van der Waals surface area contributed by atoms with Crippen molar-refractivity contribution in [2.45, 2.75) is 471 Å². The summed E-state index contributed by atoms with van der Waals surface area (Å²) in [6.45, 7) is 165. The Bertz CT molecular complexity index is 1540. The van der Waals surface area contributed by atoms with Crippen LogP contribution in [0.4, 0.5) is 0 Å². The third-order valence-electron chi connectivity index (χ3n) is 8.05. The minimum Gasteiger partial charge on any atom is -2.00 e. The average molecular weight is 2860 g/mol. The summed E-state index contributed by atoms with van der Waals surface area (Å²) in [6.07, 6.45) is 0. The maximum atomic E-state index is 4.82. The topological polar surface area (TPSA) is 340 Å². The molecule has 0 unspecified atom stereocenters. The Labute approximate surface area is 990 Å². The fourth-order valence-corrected chi connectivity index (χ4v) is 109. The maximum absolute atomic E-state index is 4.82. The van der Waals surface area contributed by atoms with E-state index >= 15 is 0 Å². The first-order valence-corrected chi connectivity index (χ1v) is 124. The Morgan fingerprint density at radius 3 is 0.0833 bits per heavy atom. The molecule has 0 aromatic carbocycles. The summed E-state index contributed by atoms with van der Waals surface area (Å²) in [5.74, 6) is 0. The van der Waals surface area contributed by atoms with Gasteiger partial charge >= 0.3 is 250 Å². The molecule has 0 saturated heterocycles. The van der Waals surface area contributed by atoms with Crippen LogP contribution in [0.25, 0.3) is 55.8 Å². The van der Waals surface area contributed by atoms with E-state index in [0.717, 1.165) is 0 Å². The van der Waals surface area contributed by atoms with Gasteiger partial charge in [-0.2, -0.15) is 0 Å². The quantitative estimate of drug-likeness (QED) is 0.0814. The second kappa shape index (κ2) is 79.1. The van der Waals surface area contributed by atoms with Gasteiger partial charge in [-0.3, -0.25) is 0 Å². The first-order chi connectivity index (χ1) is 44.5. The van der Waals surface area contributed by atoms with Crippen molar-refractivity contribution >= 4 is 198 Å². The van der Waals surface area contributed by atoms with Crippen molar-refractivity contribution in [1.29, 1.82) is 0 Å². The zero-order valence-corrected chi connectivity index (χ0v) is 138. The molecule has 0 bridgehead atoms. The molecule has 0 spiro atoms. The Morgan fingerprint density at radius 2 is 0.0833 bits per heavy atom. The molecule has 48 heteroatoms. The van der Waals surface area contributed by atoms with Gasteiger partial charge in [0.25, 0.3) is 0 Å². The summed E-state index contributed by atoms with van der Waals surface area (Å²) in [6, 6.07) is 0. The molecule has 0 atom stereocenters. The van der Waals surface area contributed by atoms with Crippen molar-refractivity contribution in [2.75, 3.05) is 0 Å². The molecule has 18 nitrogen and oxygen atoms in total. The minimum absolute atomic E-state index is 0. The second-order valence-electron chi connectivity index (χ2n) is 53.4. The fraction of sp³-hybridized carbons (Fsp3) is 1.00. The number of rotatable bonds is 24. The zero-order chi connectivity index (χ0) is 92.5. The molecule has 0 aliphatic heterocycles. The van der Waals surface area contributed by atoms with Crippen molar-refractivity contribution in [1.82, 2.24) is 0 Å². The zero-order valence-electron chi connectivity index (χ0n) is 94.8. The number of hydrogen-bond acceptors (Lipinski definition) is 0. The Morgan fingerprint density at radius 1 is 0.0667 bits per heavy atom. The SMILES string of the molecule is C[Si](C)(C)[N-][Si](C)(C)C.C[Si](C)(C)[N-][Si](C)(C)C.C[Si](C)(C)[N-][Si](C)(C)C.C[Si](C)(C)[N-][Si](C)(C)C.C[Si](C)(C)[N-][Si](C)(C)C.C[Si](C)(C)[N-][Si](C)(C)C.C[Si](C)(C)[N-][Si](C)(C)C.C[Si](C)(C)[N-][Si](C)(C)C.C[Si](C)(C)[N-][Si](C)(C)C.C[Si](C)(C)[N-][Si](C)(C)C.C[Si](C)(C)[N-][Si](C)(C)C.C[Si](C)(C)[N-][Si](C)(C)C.[Ce+4].[Ce+4].[Ce+4].[Ce+4].[Ce+4].[Ce+4].[O-2].[O-2].[O-2].[O-2].[O-2].[O-2]. The van der Waals surface area contributed by atoms with Crippen molar-refractivity contribution in [3.8, 4) is 0 Å². The first-order valence-electron chi connectivity index (χ1n) is 41.4. The van der Waals surface area contributed by atoms with E-state index < -0.39 is 198 Å². The van der Waals surface area contributed by atoms with Gasteiger partial charge in [0, 0.05) is 0 Å². The molecule has 0 radical (unpaired) electrons. The fourth-order valence-electron chi connectivity index (χ4n) is 12.1. The van der Waals surface area contributed by atoms with Gasteiger partial charge in [-0.15, -0.1) is 0 Å². The van der Waals surface area contributed by atoms with Gasteiger partial charge in [0.15, 0.2) is 0 Å². The van der Waals surface area contributed by atoms with Crippen LogP contribution in [0.1, 0.15) is 0 Å². The van der Waals surface area contributed by atoms with Crippen molar-refractivity contribution < 1.29 is 283 Å². The molecule has 0 heterocycles. The number of nitrogens with zero attached hydrogens (tertiary/aromatic N) is 12. The molecule has 0 saturated carbocycles. The van der Waals surface area contributed by atoms with E-state index in [2.05, 4.69) is 471 Å². The molecule has 0 fully saturated rings. The van der Waals surface area contributed by atoms with Gasteiger partial charge in [-0.25, -0.2) is 0 Å². The van der Waals surface area contributed by atoms with Gasteiger partial charge < -0.3 is 88.6 Å². The van der Waals surface area contributed by atoms with E-state index in [-0.39, 0.29) is 283 Å². The Kier molecular flexibility index (Phi) is 128. The molecule has 720 valence electrons. The molecule has 0 N–H and O–H groups in total. The van der Waals surface area contributed by atoms with Crippen LogP contribution in [-0.4, -0.2) is 198 Å². The van der Waals surface area contributed by atoms with E-state index in [1.807, 2.05) is 0 Å². The number of hydrogen-bond donors (Lipinski definition) is 0. The molecule has 0 aromatic heterocycles. The van der Waals surface area contributed by atoms with Crippen LogP contribution < -0.4 is 0 Å². The summed E-state index contributed by atoms with van der Waals surface area (Å²) in [5, 5.41) is 0. The van der Waals surface area contributed by atoms with Gasteiger partial charge in [0.1, 0.15) is 0 Å². The third-order valence-corrected chi connectivity index (χ3v) is 72.4. The van der Waals surface area contributed by atoms with Crippen LogP contribution >= 0.6 is 0 Å². The normalized spacial score (nSPS) is 12.6. The third kappa shape index (κ3) is 306. The Balaban J connectivity index is -0.0000000377. The summed E-state index contributed by atoms with van der Waals surface area (Å²) in [5.41, 5.74) is 0. The monoisotopic (exact) mass is 2860 g/mol. The Hall–Kier alpha value is 12.7. The molecule has 0 aliphatic rings. The van der Waals surface area contributed by atoms with Crippen LogP contribution in [0.2, 0.25) is 471 Å². The van der Waals surface area contributed by atoms with E-state index in [1.54, 1.807) is 0 Å². The van der Waals surface area contributed by atoms with Gasteiger partial charge in [0.2, 0.25) is 0 Å². The standard InChI is InChI=1S/12C6H18NSi2.6Ce.6O/c12*1-8(2,3)7-9(4,5)6;;;;;;;;;;;;/h12*1-6H3;;;;;;;;;;;;/q12*-1;6*+4;6*-2. The molecular weight excluding hydrogens is 2640 g/mol. The van der Waals surface area contributed by atoms with Gasteiger partial charge in [-0.1, -0.05) is 669 Å². The predicted octanol–water partition coefficient (Wildman–Crippen LogP) is 35.6. The predicted molar refractivity (Wildman–Crippen MR) is 605 cm³/mol. The van der Waals surface area contributed by atoms with E-state index in [4.69, 9.17) is 55.8 Å². The van der Waals surface area contributed by atoms with Gasteiger partial charge in [0.05, 0.1) is 0 Å². The minimum atomic E-state index is -1.11. The van der Waals surface area contributed by atoms with Crippen LogP contribution in [0.15, 0.2) is 0 Å². The van der Waals surface area contributed by atoms with Gasteiger partial charge in [-0.05, 0) is 0 Å². The maximum Gasteiger partial charge on any atom is 4.00 e. The van der Waals surface area contributed by atoms with E-state index in [1.165, 1.54) is 0 Å². The average Bonchev–Trinajstić information content (AvgIpc) is 1.03. The van der Waals surface area contributed by atoms with Crippen molar-refractivity contribution in [3.63, 3.8) is 0 Å². The van der Waals surface area contributed by atoms with Crippen molar-refractivity contribution in [2.24, 2.45) is 0 Å². The van der Waals surface area contributed by atoms with Crippen LogP contribution in [0.3, 0.4) is 0 Å². The summed E-state index contributed by atoms with van der Waals surface area (Å²) in [7, 11) is -26.5. The van der Waals surface area contributed by atoms with E-state index in [0.29, 0.717) is 0 Å². The molecule has 0 amide bonds. The molecule has 120 heavy (non-hydrogen) atoms. The van der Waals surface area contributed by atoms with Crippen molar-refractivity contribution in [3.05, 3.63) is 55.8 Å². The summed E-state index contributed by atoms with van der Waals surface area (Å²) < 4.78 is 57.8. The first kappa shape index (κ1) is 195. The largest absolute Gasteiger partial charge is 4.00 e. The van der Waals surface area contributed by atoms with E-state index in [9.17, 15) is 0 Å². The van der Waals surface area contributed by atoms with Crippen LogP contribution in [-0.2, 0) is 32.9 Å². The molecule has 0 aromatic rings. The smallest absolute Gasteiger partial charge is 2.00 e. The van der Waals surface area contributed by atoms with Crippen LogP contribution in [0.5, 0.6) is 0 Å². The second-order valence-corrected chi connectivity index (χ2v) is 168. The molecule has 0 aliphatic carbocycles. The summed E-state index contributed by atoms with van der Waals surface area (Å²) >= 11 is 0. The van der Waals surface area contributed by atoms with Crippen LogP contribution in [0, 0.1) is 250 Å².